The molecule has 2 N–H and O–H groups in total. The smallest absolute Gasteiger partial charge is 0.193 e. The molecule has 0 radical (unpaired) electrons. The maximum atomic E-state index is 10.1. The lowest BCUT2D eigenvalue weighted by atomic mass is 10.1. The maximum Gasteiger partial charge on any atom is 0.193 e. The Morgan fingerprint density at radius 2 is 1.90 bits per heavy atom. The molecule has 116 valence electrons. The van der Waals surface area contributed by atoms with Crippen LogP contribution in [0.15, 0.2) is 24.6 Å². The third kappa shape index (κ3) is 4.64. The second-order valence-corrected chi connectivity index (χ2v) is 5.84. The molecule has 0 saturated heterocycles. The molecule has 0 fully saturated rings. The minimum Gasteiger partial charge on any atom is -0.345 e. The molecule has 1 heterocycles. The quantitative estimate of drug-likeness (QED) is 0.362. The molecule has 0 saturated carbocycles. The van der Waals surface area contributed by atoms with Crippen LogP contribution in [0.3, 0.4) is 0 Å². The van der Waals surface area contributed by atoms with E-state index in [9.17, 15) is 5.11 Å². The lowest BCUT2D eigenvalue weighted by Gasteiger charge is -2.39. The normalized spacial score (nSPS) is 27.1. The van der Waals surface area contributed by atoms with E-state index in [4.69, 9.17) is 0 Å². The lowest BCUT2D eigenvalue weighted by Crippen LogP contribution is -2.57. The number of aliphatic hydroxyl groups excluding tert-OH is 1. The van der Waals surface area contributed by atoms with Crippen molar-refractivity contribution in [1.82, 2.24) is 5.32 Å². The Hall–Kier alpha value is -0.800. The number of aliphatic hydroxyl groups is 1. The van der Waals surface area contributed by atoms with E-state index in [2.05, 4.69) is 37.5 Å². The van der Waals surface area contributed by atoms with E-state index >= 15 is 0 Å². The molecule has 3 nitrogen and oxygen atoms in total. The Morgan fingerprint density at radius 1 is 1.20 bits per heavy atom. The molecule has 3 unspecified atom stereocenters. The minimum atomic E-state index is -0.346. The number of allylic oxidation sites excluding steroid dienone is 2. The van der Waals surface area contributed by atoms with Crippen molar-refractivity contribution < 1.29 is 9.59 Å². The van der Waals surface area contributed by atoms with Crippen LogP contribution in [-0.2, 0) is 0 Å². The van der Waals surface area contributed by atoms with Gasteiger partial charge < -0.3 is 10.4 Å². The van der Waals surface area contributed by atoms with Gasteiger partial charge in [0.15, 0.2) is 12.4 Å². The molecule has 0 aromatic heterocycles. The summed E-state index contributed by atoms with van der Waals surface area (Å²) in [5.41, 5.74) is 0. The van der Waals surface area contributed by atoms with Gasteiger partial charge in [0.25, 0.3) is 0 Å². The molecule has 0 aromatic carbocycles. The standard InChI is InChI=1S/C17H33N2O/c1-4-6-7-8-9-10-11-12-13-17-18-14-15-19(17,5-2)16(3)20/h9-10,14-18,20H,4-8,11-13H2,1-3H3/q+1/b10-9+. The predicted octanol–water partition coefficient (Wildman–Crippen LogP) is 3.87. The van der Waals surface area contributed by atoms with E-state index in [-0.39, 0.29) is 6.23 Å². The summed E-state index contributed by atoms with van der Waals surface area (Å²) in [6.07, 6.45) is 17.3. The summed E-state index contributed by atoms with van der Waals surface area (Å²) in [5, 5.41) is 13.5. The van der Waals surface area contributed by atoms with Gasteiger partial charge in [-0.25, -0.2) is 0 Å². The van der Waals surface area contributed by atoms with Gasteiger partial charge in [0, 0.05) is 13.3 Å². The van der Waals surface area contributed by atoms with Crippen molar-refractivity contribution in [3.05, 3.63) is 24.6 Å². The van der Waals surface area contributed by atoms with Crippen LogP contribution in [0.1, 0.15) is 65.7 Å². The molecule has 0 spiro atoms. The van der Waals surface area contributed by atoms with E-state index in [0.29, 0.717) is 10.6 Å². The minimum absolute atomic E-state index is 0.327. The van der Waals surface area contributed by atoms with Crippen LogP contribution >= 0.6 is 0 Å². The average molecular weight is 281 g/mol. The highest BCUT2D eigenvalue weighted by molar-refractivity contribution is 4.86. The van der Waals surface area contributed by atoms with Crippen LogP contribution in [0.25, 0.3) is 0 Å². The van der Waals surface area contributed by atoms with Gasteiger partial charge >= 0.3 is 0 Å². The Bertz CT molecular complexity index is 312. The van der Waals surface area contributed by atoms with Gasteiger partial charge in [-0.15, -0.1) is 0 Å². The topological polar surface area (TPSA) is 32.3 Å². The molecule has 1 aliphatic rings. The van der Waals surface area contributed by atoms with Crippen molar-refractivity contribution in [3.63, 3.8) is 0 Å². The van der Waals surface area contributed by atoms with Crippen LogP contribution in [0, 0.1) is 0 Å². The van der Waals surface area contributed by atoms with E-state index in [1.165, 1.54) is 32.1 Å². The number of unbranched alkanes of at least 4 members (excludes halogenated alkanes) is 4. The summed E-state index contributed by atoms with van der Waals surface area (Å²) in [7, 11) is 0. The van der Waals surface area contributed by atoms with Crippen molar-refractivity contribution in [3.8, 4) is 0 Å². The fraction of sp³-hybridized carbons (Fsp3) is 0.765. The molecule has 1 aliphatic heterocycles. The van der Waals surface area contributed by atoms with Gasteiger partial charge in [0.1, 0.15) is 6.20 Å². The summed E-state index contributed by atoms with van der Waals surface area (Å²) in [4.78, 5) is 0. The molecular formula is C17H33N2O+. The zero-order chi connectivity index (χ0) is 14.8. The highest BCUT2D eigenvalue weighted by Gasteiger charge is 2.40. The largest absolute Gasteiger partial charge is 0.345 e. The Balaban J connectivity index is 2.25. The molecule has 3 heteroatoms. The zero-order valence-electron chi connectivity index (χ0n) is 13.5. The Labute approximate surface area is 125 Å². The van der Waals surface area contributed by atoms with Gasteiger partial charge in [0.05, 0.1) is 12.7 Å². The lowest BCUT2D eigenvalue weighted by molar-refractivity contribution is -0.942. The highest BCUT2D eigenvalue weighted by Crippen LogP contribution is 2.25. The molecule has 20 heavy (non-hydrogen) atoms. The van der Waals surface area contributed by atoms with Crippen molar-refractivity contribution in [2.45, 2.75) is 78.1 Å². The number of nitrogens with one attached hydrogen (secondary N) is 1. The fourth-order valence-corrected chi connectivity index (χ4v) is 3.01. The SMILES string of the molecule is CCCCC/C=C/CCCC1NC=C[N+]1(CC)C(C)O. The van der Waals surface area contributed by atoms with Crippen LogP contribution in [0.4, 0.5) is 0 Å². The van der Waals surface area contributed by atoms with Gasteiger partial charge in [-0.05, 0) is 32.6 Å². The first kappa shape index (κ1) is 17.3. The third-order valence-electron chi connectivity index (χ3n) is 4.45. The van der Waals surface area contributed by atoms with Gasteiger partial charge in [-0.1, -0.05) is 31.9 Å². The second-order valence-electron chi connectivity index (χ2n) is 5.84. The molecule has 0 aromatic rings. The number of hydrogen-bond donors (Lipinski definition) is 2. The molecule has 0 aliphatic carbocycles. The van der Waals surface area contributed by atoms with Crippen LogP contribution < -0.4 is 5.32 Å². The first-order chi connectivity index (χ1) is 9.67. The third-order valence-corrected chi connectivity index (χ3v) is 4.45. The summed E-state index contributed by atoms with van der Waals surface area (Å²) in [6.45, 7) is 7.21. The fourth-order valence-electron chi connectivity index (χ4n) is 3.01. The maximum absolute atomic E-state index is 10.1. The van der Waals surface area contributed by atoms with Crippen molar-refractivity contribution in [2.75, 3.05) is 6.54 Å². The molecular weight excluding hydrogens is 248 g/mol. The molecule has 3 atom stereocenters. The van der Waals surface area contributed by atoms with Gasteiger partial charge in [-0.2, -0.15) is 0 Å². The molecule has 0 bridgehead atoms. The molecule has 1 rings (SSSR count). The van der Waals surface area contributed by atoms with Crippen molar-refractivity contribution >= 4 is 0 Å². The summed E-state index contributed by atoms with van der Waals surface area (Å²) in [5.74, 6) is 0. The number of hydrogen-bond acceptors (Lipinski definition) is 2. The van der Waals surface area contributed by atoms with Crippen molar-refractivity contribution in [2.24, 2.45) is 0 Å². The van der Waals surface area contributed by atoms with Crippen LogP contribution in [0.5, 0.6) is 0 Å². The van der Waals surface area contributed by atoms with E-state index in [1.807, 2.05) is 13.1 Å². The van der Waals surface area contributed by atoms with Gasteiger partial charge in [-0.3, -0.25) is 4.48 Å². The number of quaternary nitrogens is 1. The highest BCUT2D eigenvalue weighted by atomic mass is 16.3. The summed E-state index contributed by atoms with van der Waals surface area (Å²) in [6, 6.07) is 0. The van der Waals surface area contributed by atoms with E-state index in [0.717, 1.165) is 19.4 Å². The molecule has 0 amide bonds. The van der Waals surface area contributed by atoms with Crippen molar-refractivity contribution in [1.29, 1.82) is 0 Å². The number of rotatable bonds is 10. The second kappa shape index (κ2) is 9.19. The van der Waals surface area contributed by atoms with E-state index < -0.39 is 0 Å². The first-order valence-corrected chi connectivity index (χ1v) is 8.31. The van der Waals surface area contributed by atoms with Crippen LogP contribution in [0.2, 0.25) is 0 Å². The Kier molecular flexibility index (Phi) is 7.93. The first-order valence-electron chi connectivity index (χ1n) is 8.31. The summed E-state index contributed by atoms with van der Waals surface area (Å²) < 4.78 is 0.653. The Morgan fingerprint density at radius 3 is 2.50 bits per heavy atom. The monoisotopic (exact) mass is 281 g/mol. The summed E-state index contributed by atoms with van der Waals surface area (Å²) >= 11 is 0. The van der Waals surface area contributed by atoms with Crippen LogP contribution in [-0.4, -0.2) is 28.5 Å². The van der Waals surface area contributed by atoms with E-state index in [1.54, 1.807) is 0 Å². The van der Waals surface area contributed by atoms with Gasteiger partial charge in [0.2, 0.25) is 0 Å². The zero-order valence-corrected chi connectivity index (χ0v) is 13.5. The average Bonchev–Trinajstić information content (AvgIpc) is 2.86. The number of nitrogens with zero attached hydrogens (tertiary/aromatic N) is 1. The predicted molar refractivity (Wildman–Crippen MR) is 85.7 cm³/mol.